The molecule has 0 saturated carbocycles. The summed E-state index contributed by atoms with van der Waals surface area (Å²) in [6, 6.07) is 19.2. The molecule has 2 aromatic carbocycles. The second-order valence-electron chi connectivity index (χ2n) is 8.00. The highest BCUT2D eigenvalue weighted by Gasteiger charge is 2.42. The number of hydrogen-bond donors (Lipinski definition) is 0. The van der Waals surface area contributed by atoms with Gasteiger partial charge in [0.15, 0.2) is 0 Å². The van der Waals surface area contributed by atoms with Crippen LogP contribution in [0.5, 0.6) is 0 Å². The van der Waals surface area contributed by atoms with Gasteiger partial charge in [-0.25, -0.2) is 0 Å². The van der Waals surface area contributed by atoms with Gasteiger partial charge < -0.3 is 14.2 Å². The third kappa shape index (κ3) is 3.22. The fraction of sp³-hybridized carbons (Fsp3) is 0.375. The summed E-state index contributed by atoms with van der Waals surface area (Å²) < 4.78 is 7.93. The molecule has 0 aliphatic carbocycles. The van der Waals surface area contributed by atoms with Crippen LogP contribution in [-0.4, -0.2) is 40.7 Å². The molecule has 2 fully saturated rings. The van der Waals surface area contributed by atoms with E-state index in [4.69, 9.17) is 4.74 Å². The lowest BCUT2D eigenvalue weighted by atomic mass is 10.1. The Hall–Kier alpha value is -2.59. The number of hydrogen-bond acceptors (Lipinski definition) is 2. The standard InChI is InChI=1S/C24H26N2O2/c27-24(26-15-20-14-19(26)17-28-20)22-16-25(23-12-5-4-11-21(22)23)13-7-6-10-18-8-2-1-3-9-18/h1-5,8-9,11-12,16,19-20H,6-7,10,13-15,17H2/t19-,20-/m1/s1. The minimum atomic E-state index is 0.162. The number of para-hydroxylation sites is 1. The maximum atomic E-state index is 13.2. The second kappa shape index (κ2) is 7.44. The van der Waals surface area contributed by atoms with E-state index in [1.54, 1.807) is 0 Å². The van der Waals surface area contributed by atoms with Crippen LogP contribution < -0.4 is 0 Å². The van der Waals surface area contributed by atoms with Crippen molar-refractivity contribution in [2.45, 2.75) is 44.4 Å². The quantitative estimate of drug-likeness (QED) is 0.604. The Kier molecular flexibility index (Phi) is 4.65. The lowest BCUT2D eigenvalue weighted by molar-refractivity contribution is 0.0260. The smallest absolute Gasteiger partial charge is 0.256 e. The maximum Gasteiger partial charge on any atom is 0.256 e. The van der Waals surface area contributed by atoms with Gasteiger partial charge in [-0.3, -0.25) is 4.79 Å². The van der Waals surface area contributed by atoms with Crippen LogP contribution in [0.4, 0.5) is 0 Å². The summed E-state index contributed by atoms with van der Waals surface area (Å²) in [4.78, 5) is 15.3. The van der Waals surface area contributed by atoms with E-state index < -0.39 is 0 Å². The van der Waals surface area contributed by atoms with Crippen LogP contribution in [0.15, 0.2) is 60.8 Å². The van der Waals surface area contributed by atoms with E-state index in [1.807, 2.05) is 11.0 Å². The molecular weight excluding hydrogens is 348 g/mol. The van der Waals surface area contributed by atoms with Crippen molar-refractivity contribution in [2.24, 2.45) is 0 Å². The van der Waals surface area contributed by atoms with Crippen LogP contribution in [0, 0.1) is 0 Å². The van der Waals surface area contributed by atoms with Gasteiger partial charge in [-0.05, 0) is 37.3 Å². The monoisotopic (exact) mass is 374 g/mol. The Balaban J connectivity index is 1.31. The van der Waals surface area contributed by atoms with Crippen LogP contribution in [0.1, 0.15) is 35.2 Å². The zero-order valence-corrected chi connectivity index (χ0v) is 16.1. The normalized spacial score (nSPS) is 20.9. The number of aromatic nitrogens is 1. The summed E-state index contributed by atoms with van der Waals surface area (Å²) in [5.41, 5.74) is 3.39. The van der Waals surface area contributed by atoms with Crippen molar-refractivity contribution >= 4 is 16.8 Å². The van der Waals surface area contributed by atoms with E-state index in [0.29, 0.717) is 6.61 Å². The molecule has 2 saturated heterocycles. The Morgan fingerprint density at radius 3 is 2.64 bits per heavy atom. The number of ether oxygens (including phenoxy) is 1. The van der Waals surface area contributed by atoms with Crippen LogP contribution in [0.2, 0.25) is 0 Å². The van der Waals surface area contributed by atoms with Crippen molar-refractivity contribution in [3.63, 3.8) is 0 Å². The molecule has 0 N–H and O–H groups in total. The molecule has 2 aliphatic rings. The van der Waals surface area contributed by atoms with E-state index >= 15 is 0 Å². The largest absolute Gasteiger partial charge is 0.374 e. The average molecular weight is 374 g/mol. The van der Waals surface area contributed by atoms with Gasteiger partial charge in [0.2, 0.25) is 0 Å². The first kappa shape index (κ1) is 17.5. The van der Waals surface area contributed by atoms with E-state index in [1.165, 1.54) is 5.56 Å². The first-order valence-corrected chi connectivity index (χ1v) is 10.3. The number of benzene rings is 2. The van der Waals surface area contributed by atoms with Crippen LogP contribution in [0.25, 0.3) is 10.9 Å². The third-order valence-corrected chi connectivity index (χ3v) is 6.14. The van der Waals surface area contributed by atoms with E-state index in [0.717, 1.165) is 55.2 Å². The lowest BCUT2D eigenvalue weighted by Crippen LogP contribution is -2.41. The van der Waals surface area contributed by atoms with Gasteiger partial charge in [0.1, 0.15) is 0 Å². The molecule has 144 valence electrons. The number of carbonyl (C=O) groups excluding carboxylic acids is 1. The molecule has 2 aliphatic heterocycles. The van der Waals surface area contributed by atoms with Gasteiger partial charge in [-0.15, -0.1) is 0 Å². The number of unbranched alkanes of at least 4 members (excludes halogenated alkanes) is 1. The van der Waals surface area contributed by atoms with Crippen LogP contribution >= 0.6 is 0 Å². The highest BCUT2D eigenvalue weighted by atomic mass is 16.5. The van der Waals surface area contributed by atoms with Gasteiger partial charge in [-0.2, -0.15) is 0 Å². The van der Waals surface area contributed by atoms with E-state index in [-0.39, 0.29) is 18.1 Å². The van der Waals surface area contributed by atoms with E-state index in [9.17, 15) is 4.79 Å². The molecule has 1 amide bonds. The minimum absolute atomic E-state index is 0.162. The zero-order chi connectivity index (χ0) is 18.9. The zero-order valence-electron chi connectivity index (χ0n) is 16.1. The van der Waals surface area contributed by atoms with Crippen molar-refractivity contribution in [1.29, 1.82) is 0 Å². The molecule has 0 radical (unpaired) electrons. The van der Waals surface area contributed by atoms with Crippen molar-refractivity contribution in [2.75, 3.05) is 13.2 Å². The first-order valence-electron chi connectivity index (χ1n) is 10.3. The highest BCUT2D eigenvalue weighted by molar-refractivity contribution is 6.07. The summed E-state index contributed by atoms with van der Waals surface area (Å²) >= 11 is 0. The van der Waals surface area contributed by atoms with Gasteiger partial charge in [0, 0.05) is 30.2 Å². The Bertz CT molecular complexity index is 979. The molecule has 4 nitrogen and oxygen atoms in total. The first-order chi connectivity index (χ1) is 13.8. The average Bonchev–Trinajstić information content (AvgIpc) is 3.46. The topological polar surface area (TPSA) is 34.5 Å². The summed E-state index contributed by atoms with van der Waals surface area (Å²) in [5.74, 6) is 0.162. The third-order valence-electron chi connectivity index (χ3n) is 6.14. The fourth-order valence-electron chi connectivity index (χ4n) is 4.66. The van der Waals surface area contributed by atoms with Crippen molar-refractivity contribution < 1.29 is 9.53 Å². The molecule has 3 heterocycles. The molecule has 2 atom stereocenters. The summed E-state index contributed by atoms with van der Waals surface area (Å²) in [6.07, 6.45) is 6.64. The molecule has 28 heavy (non-hydrogen) atoms. The Morgan fingerprint density at radius 2 is 1.86 bits per heavy atom. The number of morpholine rings is 1. The predicted octanol–water partition coefficient (Wildman–Crippen LogP) is 4.28. The number of carbonyl (C=O) groups is 1. The number of amides is 1. The predicted molar refractivity (Wildman–Crippen MR) is 110 cm³/mol. The number of rotatable bonds is 6. The number of aryl methyl sites for hydroxylation is 2. The number of likely N-dealkylation sites (tertiary alicyclic amines) is 1. The molecule has 5 rings (SSSR count). The van der Waals surface area contributed by atoms with Crippen molar-refractivity contribution in [3.8, 4) is 0 Å². The molecule has 0 unspecified atom stereocenters. The minimum Gasteiger partial charge on any atom is -0.374 e. The van der Waals surface area contributed by atoms with Gasteiger partial charge in [-0.1, -0.05) is 48.5 Å². The molecule has 4 heteroatoms. The maximum absolute atomic E-state index is 13.2. The molecule has 2 bridgehead atoms. The lowest BCUT2D eigenvalue weighted by Gasteiger charge is -2.26. The van der Waals surface area contributed by atoms with E-state index in [2.05, 4.69) is 59.3 Å². The fourth-order valence-corrected chi connectivity index (χ4v) is 4.66. The van der Waals surface area contributed by atoms with Crippen LogP contribution in [0.3, 0.4) is 0 Å². The van der Waals surface area contributed by atoms with Crippen molar-refractivity contribution in [3.05, 3.63) is 71.9 Å². The summed E-state index contributed by atoms with van der Waals surface area (Å²) in [7, 11) is 0. The summed E-state index contributed by atoms with van der Waals surface area (Å²) in [6.45, 7) is 2.37. The van der Waals surface area contributed by atoms with Crippen molar-refractivity contribution in [1.82, 2.24) is 9.47 Å². The number of nitrogens with zero attached hydrogens (tertiary/aromatic N) is 2. The van der Waals surface area contributed by atoms with Gasteiger partial charge in [0.05, 0.1) is 24.3 Å². The number of fused-ring (bicyclic) bond motifs is 3. The summed E-state index contributed by atoms with van der Waals surface area (Å²) in [5, 5.41) is 1.07. The SMILES string of the molecule is O=C(c1cn(CCCCc2ccccc2)c2ccccc12)N1C[C@H]2C[C@@H]1CO2. The van der Waals surface area contributed by atoms with Crippen LogP contribution in [-0.2, 0) is 17.7 Å². The van der Waals surface area contributed by atoms with Gasteiger partial charge in [0.25, 0.3) is 5.91 Å². The molecule has 1 aromatic heterocycles. The molecular formula is C24H26N2O2. The van der Waals surface area contributed by atoms with Gasteiger partial charge >= 0.3 is 0 Å². The Labute approximate surface area is 165 Å². The highest BCUT2D eigenvalue weighted by Crippen LogP contribution is 2.31. The molecule has 3 aromatic rings. The molecule has 0 spiro atoms. The Morgan fingerprint density at radius 1 is 1.04 bits per heavy atom. The second-order valence-corrected chi connectivity index (χ2v) is 8.00.